The summed E-state index contributed by atoms with van der Waals surface area (Å²) in [7, 11) is 2.88. The highest BCUT2D eigenvalue weighted by molar-refractivity contribution is 5.96. The van der Waals surface area contributed by atoms with Crippen LogP contribution in [0.15, 0.2) is 109 Å². The van der Waals surface area contributed by atoms with E-state index in [2.05, 4.69) is 5.32 Å². The molecule has 81 heavy (non-hydrogen) atoms. The third-order valence-electron chi connectivity index (χ3n) is 14.6. The third kappa shape index (κ3) is 23.6. The molecule has 0 unspecified atom stereocenters. The molecule has 0 radical (unpaired) electrons. The number of anilines is 1. The number of aliphatic hydroxyl groups excluding tert-OH is 9. The van der Waals surface area contributed by atoms with E-state index < -0.39 is 160 Å². The molecule has 13 N–H and O–H groups in total. The number of hydrogen-bond acceptors (Lipinski definition) is 21. The largest absolute Gasteiger partial charge is 0.469 e. The number of ether oxygens (including phenoxy) is 5. The molecule has 19 atom stereocenters. The topological polar surface area (TPSA) is 355 Å². The molecule has 0 amide bonds. The standard InChI is InChI=1S/C60H88N2O19/c1-36-18-16-14-12-10-8-6-7-9-11-13-15-17-19-48(79-59-56(74)54(61)55(73)38(3)78-59)33-51-53(58(75)77-5)50(71)35-60(76,81-51)34-47(69)30-45(67)28-43(65)26-42(64)27-44(66)29-46(68)32-52(72)80-57(36)37(2)20-25-41(63)31-49(70)39-21-23-40(62-4)24-22-39/h6-19,21-24,36-38,41-43,45-48,50-51,53-57,59,62-65,67-69,71,73-74,76H,20,25-35,61H2,1-5H3/t36-,37-,38-,41+,42-,43-,45+,46-,47+,48-,50-,51-,53+,54-,55-,56-,57+,59+,60-/m0/s1. The molecule has 2 fully saturated rings. The van der Waals surface area contributed by atoms with Crippen LogP contribution in [-0.2, 0) is 38.1 Å². The Morgan fingerprint density at radius 2 is 1.28 bits per heavy atom. The minimum atomic E-state index is -2.29. The van der Waals surface area contributed by atoms with Crippen LogP contribution in [0.2, 0.25) is 0 Å². The van der Waals surface area contributed by atoms with Crippen molar-refractivity contribution in [3.05, 3.63) is 115 Å². The molecule has 3 aliphatic heterocycles. The van der Waals surface area contributed by atoms with Gasteiger partial charge >= 0.3 is 11.9 Å². The molecule has 21 heteroatoms. The average Bonchev–Trinajstić information content (AvgIpc) is 3.43. The molecule has 452 valence electrons. The van der Waals surface area contributed by atoms with Gasteiger partial charge in [-0.05, 0) is 69.2 Å². The molecule has 1 aromatic rings. The number of ketones is 2. The maximum absolute atomic E-state index is 13.3. The second kappa shape index (κ2) is 34.5. The zero-order chi connectivity index (χ0) is 59.8. The van der Waals surface area contributed by atoms with Crippen LogP contribution in [0.1, 0.15) is 108 Å². The third-order valence-corrected chi connectivity index (χ3v) is 14.6. The summed E-state index contributed by atoms with van der Waals surface area (Å²) in [5, 5.41) is 113. The monoisotopic (exact) mass is 1140 g/mol. The summed E-state index contributed by atoms with van der Waals surface area (Å²) in [6, 6.07) is 5.77. The van der Waals surface area contributed by atoms with Crippen molar-refractivity contribution in [1.29, 1.82) is 0 Å². The lowest BCUT2D eigenvalue weighted by molar-refractivity contribution is -0.308. The lowest BCUT2D eigenvalue weighted by Gasteiger charge is -2.45. The fourth-order valence-corrected chi connectivity index (χ4v) is 10.2. The second-order valence-electron chi connectivity index (χ2n) is 21.6. The fourth-order valence-electron chi connectivity index (χ4n) is 10.2. The average molecular weight is 1140 g/mol. The van der Waals surface area contributed by atoms with Gasteiger partial charge in [0, 0.05) is 62.7 Å². The van der Waals surface area contributed by atoms with Gasteiger partial charge in [0.25, 0.3) is 0 Å². The molecule has 21 nitrogen and oxygen atoms in total. The Labute approximate surface area is 474 Å². The van der Waals surface area contributed by atoms with Crippen LogP contribution in [0, 0.1) is 17.8 Å². The van der Waals surface area contributed by atoms with Gasteiger partial charge in [-0.15, -0.1) is 0 Å². The molecule has 0 aromatic heterocycles. The Bertz CT molecular complexity index is 2320. The van der Waals surface area contributed by atoms with E-state index in [1.807, 2.05) is 19.9 Å². The van der Waals surface area contributed by atoms with Crippen molar-refractivity contribution < 1.29 is 93.9 Å². The summed E-state index contributed by atoms with van der Waals surface area (Å²) in [6.07, 6.45) is 2.92. The number of carbonyl (C=O) groups excluding carboxylic acids is 4. The molecule has 2 saturated heterocycles. The highest BCUT2D eigenvalue weighted by atomic mass is 16.7. The number of carbonyl (C=O) groups is 4. The zero-order valence-corrected chi connectivity index (χ0v) is 47.0. The van der Waals surface area contributed by atoms with Gasteiger partial charge in [0.15, 0.2) is 17.9 Å². The van der Waals surface area contributed by atoms with E-state index in [1.54, 1.807) is 117 Å². The summed E-state index contributed by atoms with van der Waals surface area (Å²) in [4.78, 5) is 52.4. The Balaban J connectivity index is 1.55. The van der Waals surface area contributed by atoms with Gasteiger partial charge in [0.1, 0.15) is 23.9 Å². The number of rotatable bonds is 11. The molecule has 1 aromatic carbocycles. The van der Waals surface area contributed by atoms with Crippen LogP contribution in [0.3, 0.4) is 0 Å². The van der Waals surface area contributed by atoms with Crippen molar-refractivity contribution in [3.63, 3.8) is 0 Å². The van der Waals surface area contributed by atoms with E-state index in [4.69, 9.17) is 29.4 Å². The number of cyclic esters (lactones) is 1. The van der Waals surface area contributed by atoms with Crippen molar-refractivity contribution in [2.45, 2.75) is 195 Å². The van der Waals surface area contributed by atoms with Crippen molar-refractivity contribution in [3.8, 4) is 0 Å². The number of fused-ring (bicyclic) bond motifs is 2. The van der Waals surface area contributed by atoms with Gasteiger partial charge < -0.3 is 85.8 Å². The van der Waals surface area contributed by atoms with Crippen LogP contribution in [0.4, 0.5) is 5.69 Å². The van der Waals surface area contributed by atoms with Gasteiger partial charge in [-0.1, -0.05) is 98.9 Å². The molecule has 2 bridgehead atoms. The number of aliphatic hydroxyl groups is 10. The summed E-state index contributed by atoms with van der Waals surface area (Å²) >= 11 is 0. The van der Waals surface area contributed by atoms with E-state index in [1.165, 1.54) is 0 Å². The molecule has 0 spiro atoms. The summed E-state index contributed by atoms with van der Waals surface area (Å²) in [6.45, 7) is 5.25. The predicted molar refractivity (Wildman–Crippen MR) is 299 cm³/mol. The van der Waals surface area contributed by atoms with Gasteiger partial charge in [0.05, 0.1) is 86.7 Å². The number of benzene rings is 1. The van der Waals surface area contributed by atoms with E-state index in [-0.39, 0.29) is 49.7 Å². The normalized spacial score (nSPS) is 34.9. The van der Waals surface area contributed by atoms with Crippen molar-refractivity contribution in [1.82, 2.24) is 0 Å². The molecule has 0 aliphatic carbocycles. The molecule has 3 aliphatic rings. The molecular formula is C60H88N2O19. The predicted octanol–water partition coefficient (Wildman–Crippen LogP) is 2.83. The lowest BCUT2D eigenvalue weighted by Crippen LogP contribution is -2.61. The van der Waals surface area contributed by atoms with Crippen molar-refractivity contribution >= 4 is 29.2 Å². The number of hydrogen-bond donors (Lipinski definition) is 12. The van der Waals surface area contributed by atoms with Gasteiger partial charge in [0.2, 0.25) is 0 Å². The van der Waals surface area contributed by atoms with Crippen molar-refractivity contribution in [2.24, 2.45) is 23.5 Å². The molecular weight excluding hydrogens is 1050 g/mol. The highest BCUT2D eigenvalue weighted by Gasteiger charge is 2.51. The van der Waals surface area contributed by atoms with Crippen LogP contribution >= 0.6 is 0 Å². The zero-order valence-electron chi connectivity index (χ0n) is 47.0. The SMILES string of the molecule is CNc1ccc(C(=O)C[C@H](O)CC[C@H](C)[C@@H]2OC(=O)C[C@@H](O)CC(=O)C[C@@H](O)C[C@H](O)C[C@@H](O)C[C@@H](O)C[C@@]3(O)C[C@H](O)[C@@H](C(=O)OC)[C@H](C[C@@H](O[C@H]4O[C@@H](C)[C@H](O)[C@H](N)[C@@H]4O)C=CC=CC=CC=CC=CC=CC=C[C@@H]2C)O3)cc1. The van der Waals surface area contributed by atoms with Gasteiger partial charge in [-0.25, -0.2) is 0 Å². The second-order valence-corrected chi connectivity index (χ2v) is 21.6. The van der Waals surface area contributed by atoms with E-state index in [0.29, 0.717) is 12.0 Å². The first kappa shape index (κ1) is 68.4. The molecule has 4 rings (SSSR count). The Kier molecular flexibility index (Phi) is 29.1. The molecule has 0 saturated carbocycles. The maximum atomic E-state index is 13.3. The minimum absolute atomic E-state index is 0.103. The van der Waals surface area contributed by atoms with E-state index in [9.17, 15) is 70.2 Å². The fraction of sp³-hybridized carbons (Fsp3) is 0.600. The van der Waals surface area contributed by atoms with Gasteiger partial charge in [-0.3, -0.25) is 19.2 Å². The van der Waals surface area contributed by atoms with Crippen LogP contribution in [0.5, 0.6) is 0 Å². The first-order valence-corrected chi connectivity index (χ1v) is 27.8. The van der Waals surface area contributed by atoms with Gasteiger partial charge in [-0.2, -0.15) is 0 Å². The highest BCUT2D eigenvalue weighted by Crippen LogP contribution is 2.39. The lowest BCUT2D eigenvalue weighted by atomic mass is 9.82. The quantitative estimate of drug-likeness (QED) is 0.112. The first-order chi connectivity index (χ1) is 38.4. The number of allylic oxidation sites excluding steroid dienone is 12. The summed E-state index contributed by atoms with van der Waals surface area (Å²) in [5.41, 5.74) is 7.39. The summed E-state index contributed by atoms with van der Waals surface area (Å²) in [5.74, 6) is -6.85. The number of nitrogens with two attached hydrogens (primary N) is 1. The Hall–Kier alpha value is -5.08. The maximum Gasteiger partial charge on any atom is 0.313 e. The number of nitrogens with one attached hydrogen (secondary N) is 1. The Morgan fingerprint density at radius 3 is 1.88 bits per heavy atom. The van der Waals surface area contributed by atoms with E-state index in [0.717, 1.165) is 12.8 Å². The summed E-state index contributed by atoms with van der Waals surface area (Å²) < 4.78 is 28.9. The number of methoxy groups -OCH3 is 1. The smallest absolute Gasteiger partial charge is 0.313 e. The van der Waals surface area contributed by atoms with Crippen LogP contribution < -0.4 is 11.1 Å². The number of esters is 2. The minimum Gasteiger partial charge on any atom is -0.469 e. The first-order valence-electron chi connectivity index (χ1n) is 27.8. The van der Waals surface area contributed by atoms with Crippen LogP contribution in [0.25, 0.3) is 0 Å². The molecule has 3 heterocycles. The van der Waals surface area contributed by atoms with Crippen LogP contribution in [-0.4, -0.2) is 186 Å². The number of Topliss-reactive ketones (excluding diaryl/α,β-unsaturated/α-hetero) is 2. The van der Waals surface area contributed by atoms with Crippen molar-refractivity contribution in [2.75, 3.05) is 19.5 Å². The Morgan fingerprint density at radius 1 is 0.728 bits per heavy atom. The van der Waals surface area contributed by atoms with E-state index >= 15 is 0 Å².